The summed E-state index contributed by atoms with van der Waals surface area (Å²) in [7, 11) is 0. The number of para-hydroxylation sites is 1. The zero-order valence-electron chi connectivity index (χ0n) is 21.4. The van der Waals surface area contributed by atoms with Crippen molar-refractivity contribution in [3.05, 3.63) is 65.9 Å². The Kier molecular flexibility index (Phi) is 8.10. The van der Waals surface area contributed by atoms with E-state index in [9.17, 15) is 13.2 Å². The first-order valence-electron chi connectivity index (χ1n) is 13.8. The van der Waals surface area contributed by atoms with Crippen molar-refractivity contribution in [2.75, 3.05) is 6.54 Å². The van der Waals surface area contributed by atoms with Gasteiger partial charge in [0, 0.05) is 41.1 Å². The lowest BCUT2D eigenvalue weighted by Gasteiger charge is -2.28. The zero-order chi connectivity index (χ0) is 25.8. The Bertz CT molecular complexity index is 1160. The number of nitrogens with one attached hydrogen (secondary N) is 1. The second-order valence-corrected chi connectivity index (χ2v) is 10.8. The molecule has 5 rings (SSSR count). The van der Waals surface area contributed by atoms with E-state index >= 15 is 0 Å². The van der Waals surface area contributed by atoms with Crippen molar-refractivity contribution in [1.29, 1.82) is 0 Å². The summed E-state index contributed by atoms with van der Waals surface area (Å²) in [5.74, 6) is -0.217. The lowest BCUT2D eigenvalue weighted by molar-refractivity contribution is -0.274. The van der Waals surface area contributed by atoms with Gasteiger partial charge in [0.2, 0.25) is 0 Å². The summed E-state index contributed by atoms with van der Waals surface area (Å²) in [5.41, 5.74) is 9.32. The molecule has 2 aliphatic carbocycles. The molecule has 0 spiro atoms. The van der Waals surface area contributed by atoms with Gasteiger partial charge in [-0.2, -0.15) is 0 Å². The molecule has 4 nitrogen and oxygen atoms in total. The summed E-state index contributed by atoms with van der Waals surface area (Å²) in [6.07, 6.45) is 8.67. The van der Waals surface area contributed by atoms with E-state index in [-0.39, 0.29) is 11.7 Å². The number of nitrogens with two attached hydrogens (primary N) is 1. The highest BCUT2D eigenvalue weighted by Gasteiger charge is 2.32. The average molecular weight is 514 g/mol. The maximum absolute atomic E-state index is 13.0. The van der Waals surface area contributed by atoms with Gasteiger partial charge in [-0.05, 0) is 80.8 Å². The number of nitrogens with zero attached hydrogens (tertiary/aromatic N) is 1. The molecule has 200 valence electrons. The SMILES string of the molecule is N[C@H]1CC[C@H](NCCC(c2cccc(OC(F)(F)F)c2)c2cn(C3CCCCC3)c3ccccc23)CC1. The van der Waals surface area contributed by atoms with Gasteiger partial charge in [-0.3, -0.25) is 0 Å². The number of halogens is 3. The van der Waals surface area contributed by atoms with Crippen LogP contribution in [0.15, 0.2) is 54.7 Å². The number of rotatable bonds is 8. The Morgan fingerprint density at radius 2 is 1.70 bits per heavy atom. The molecule has 2 saturated carbocycles. The minimum absolute atomic E-state index is 0.0510. The Balaban J connectivity index is 1.47. The second kappa shape index (κ2) is 11.5. The van der Waals surface area contributed by atoms with Crippen molar-refractivity contribution in [2.45, 2.75) is 94.6 Å². The molecule has 2 fully saturated rings. The molecule has 1 aromatic heterocycles. The predicted octanol–water partition coefficient (Wildman–Crippen LogP) is 7.43. The number of hydrogen-bond donors (Lipinski definition) is 2. The van der Waals surface area contributed by atoms with Crippen molar-refractivity contribution in [3.8, 4) is 5.75 Å². The summed E-state index contributed by atoms with van der Waals surface area (Å²) >= 11 is 0. The first-order chi connectivity index (χ1) is 17.9. The van der Waals surface area contributed by atoms with Crippen molar-refractivity contribution < 1.29 is 17.9 Å². The molecule has 0 bridgehead atoms. The van der Waals surface area contributed by atoms with Gasteiger partial charge in [-0.15, -0.1) is 13.2 Å². The molecule has 2 aromatic carbocycles. The van der Waals surface area contributed by atoms with Crippen LogP contribution in [0.2, 0.25) is 0 Å². The molecule has 0 amide bonds. The first kappa shape index (κ1) is 26.1. The maximum Gasteiger partial charge on any atom is 0.573 e. The first-order valence-corrected chi connectivity index (χ1v) is 13.8. The van der Waals surface area contributed by atoms with Crippen LogP contribution in [-0.4, -0.2) is 29.6 Å². The molecule has 1 atom stereocenters. The van der Waals surface area contributed by atoms with Crippen LogP contribution in [-0.2, 0) is 0 Å². The Morgan fingerprint density at radius 3 is 2.46 bits per heavy atom. The lowest BCUT2D eigenvalue weighted by atomic mass is 9.87. The molecular weight excluding hydrogens is 475 g/mol. The van der Waals surface area contributed by atoms with Crippen LogP contribution in [0.25, 0.3) is 10.9 Å². The van der Waals surface area contributed by atoms with Gasteiger partial charge in [-0.1, -0.05) is 49.6 Å². The van der Waals surface area contributed by atoms with Gasteiger partial charge >= 0.3 is 6.36 Å². The van der Waals surface area contributed by atoms with E-state index in [2.05, 4.69) is 45.1 Å². The fourth-order valence-electron chi connectivity index (χ4n) is 6.36. The summed E-state index contributed by atoms with van der Waals surface area (Å²) in [6, 6.07) is 16.2. The third-order valence-electron chi connectivity index (χ3n) is 8.25. The Labute approximate surface area is 217 Å². The number of ether oxygens (including phenoxy) is 1. The predicted molar refractivity (Wildman–Crippen MR) is 142 cm³/mol. The fourth-order valence-corrected chi connectivity index (χ4v) is 6.36. The molecule has 1 heterocycles. The second-order valence-electron chi connectivity index (χ2n) is 10.8. The van der Waals surface area contributed by atoms with E-state index in [4.69, 9.17) is 5.73 Å². The third kappa shape index (κ3) is 6.50. The van der Waals surface area contributed by atoms with E-state index in [0.29, 0.717) is 18.1 Å². The van der Waals surface area contributed by atoms with E-state index < -0.39 is 6.36 Å². The van der Waals surface area contributed by atoms with Crippen LogP contribution in [0.3, 0.4) is 0 Å². The minimum Gasteiger partial charge on any atom is -0.406 e. The quantitative estimate of drug-likeness (QED) is 0.329. The smallest absolute Gasteiger partial charge is 0.406 e. The number of benzene rings is 2. The molecule has 0 radical (unpaired) electrons. The highest BCUT2D eigenvalue weighted by molar-refractivity contribution is 5.85. The van der Waals surface area contributed by atoms with Gasteiger partial charge in [0.1, 0.15) is 5.75 Å². The van der Waals surface area contributed by atoms with Crippen molar-refractivity contribution in [3.63, 3.8) is 0 Å². The lowest BCUT2D eigenvalue weighted by Crippen LogP contribution is -2.38. The van der Waals surface area contributed by atoms with E-state index in [1.807, 2.05) is 6.07 Å². The molecule has 0 aliphatic heterocycles. The molecular formula is C30H38F3N3O. The number of aromatic nitrogens is 1. The van der Waals surface area contributed by atoms with Crippen LogP contribution in [0.4, 0.5) is 13.2 Å². The van der Waals surface area contributed by atoms with E-state index in [1.54, 1.807) is 12.1 Å². The summed E-state index contributed by atoms with van der Waals surface area (Å²) in [5, 5.41) is 4.89. The molecule has 37 heavy (non-hydrogen) atoms. The Morgan fingerprint density at radius 1 is 0.946 bits per heavy atom. The number of fused-ring (bicyclic) bond motifs is 1. The molecule has 2 aliphatic rings. The topological polar surface area (TPSA) is 52.2 Å². The molecule has 1 unspecified atom stereocenters. The number of alkyl halides is 3. The largest absolute Gasteiger partial charge is 0.573 e. The molecule has 3 N–H and O–H groups in total. The van der Waals surface area contributed by atoms with Crippen LogP contribution in [0.1, 0.15) is 87.3 Å². The number of hydrogen-bond acceptors (Lipinski definition) is 3. The van der Waals surface area contributed by atoms with Gasteiger partial charge in [0.15, 0.2) is 0 Å². The van der Waals surface area contributed by atoms with Gasteiger partial charge in [-0.25, -0.2) is 0 Å². The Hall–Kier alpha value is -2.51. The van der Waals surface area contributed by atoms with E-state index in [0.717, 1.165) is 44.2 Å². The van der Waals surface area contributed by atoms with Crippen LogP contribution < -0.4 is 15.8 Å². The van der Waals surface area contributed by atoms with Crippen LogP contribution in [0.5, 0.6) is 5.75 Å². The summed E-state index contributed by atoms with van der Waals surface area (Å²) in [4.78, 5) is 0. The van der Waals surface area contributed by atoms with Crippen LogP contribution in [0, 0.1) is 0 Å². The average Bonchev–Trinajstić information content (AvgIpc) is 3.27. The minimum atomic E-state index is -4.71. The fraction of sp³-hybridized carbons (Fsp3) is 0.533. The van der Waals surface area contributed by atoms with Gasteiger partial charge in [0.05, 0.1) is 0 Å². The van der Waals surface area contributed by atoms with E-state index in [1.165, 1.54) is 54.6 Å². The third-order valence-corrected chi connectivity index (χ3v) is 8.25. The normalized spacial score (nSPS) is 22.3. The van der Waals surface area contributed by atoms with Crippen molar-refractivity contribution in [2.24, 2.45) is 5.73 Å². The summed E-state index contributed by atoms with van der Waals surface area (Å²) in [6.45, 7) is 0.790. The highest BCUT2D eigenvalue weighted by Crippen LogP contribution is 2.40. The van der Waals surface area contributed by atoms with Gasteiger partial charge < -0.3 is 20.4 Å². The van der Waals surface area contributed by atoms with Crippen molar-refractivity contribution in [1.82, 2.24) is 9.88 Å². The molecule has 3 aromatic rings. The standard InChI is InChI=1S/C30H38F3N3O/c31-30(32,33)37-25-10-6-7-21(19-25)26(17-18-35-23-15-13-22(34)14-16-23)28-20-36(24-8-2-1-3-9-24)29-12-5-4-11-27(28)29/h4-7,10-12,19-20,22-24,26,35H,1-3,8-9,13-18,34H2/t22-,23-,26?. The maximum atomic E-state index is 13.0. The van der Waals surface area contributed by atoms with Crippen LogP contribution >= 0.6 is 0 Å². The summed E-state index contributed by atoms with van der Waals surface area (Å²) < 4.78 is 45.7. The van der Waals surface area contributed by atoms with Crippen molar-refractivity contribution >= 4 is 10.9 Å². The monoisotopic (exact) mass is 513 g/mol. The zero-order valence-corrected chi connectivity index (χ0v) is 21.4. The molecule has 7 heteroatoms. The highest BCUT2D eigenvalue weighted by atomic mass is 19.4. The van der Waals surface area contributed by atoms with Gasteiger partial charge in [0.25, 0.3) is 0 Å². The molecule has 0 saturated heterocycles.